The number of aliphatic carboxylic acids is 1. The quantitative estimate of drug-likeness (QED) is 0.618. The van der Waals surface area contributed by atoms with Gasteiger partial charge in [-0.2, -0.15) is 0 Å². The molecule has 0 aromatic rings. The maximum atomic E-state index is 10.5. The van der Waals surface area contributed by atoms with Crippen LogP contribution in [0.3, 0.4) is 0 Å². The van der Waals surface area contributed by atoms with Crippen molar-refractivity contribution in [1.29, 1.82) is 0 Å². The number of allylic oxidation sites excluding steroid dienone is 2. The van der Waals surface area contributed by atoms with Crippen molar-refractivity contribution in [1.82, 2.24) is 0 Å². The molecule has 0 spiro atoms. The standard InChI is InChI=1S/C9H14O2/c1-2-3-7-4-5-8(6-7)9(10)11/h2-3,7-8H,4-6H2,1H3,(H,10,11)/b3-2+/t7-,8-/m0/s1. The minimum atomic E-state index is -0.628. The van der Waals surface area contributed by atoms with Crippen LogP contribution in [0.2, 0.25) is 0 Å². The fraction of sp³-hybridized carbons (Fsp3) is 0.667. The molecule has 1 aliphatic carbocycles. The van der Waals surface area contributed by atoms with Crippen molar-refractivity contribution in [2.75, 3.05) is 0 Å². The van der Waals surface area contributed by atoms with Crippen molar-refractivity contribution in [2.24, 2.45) is 11.8 Å². The van der Waals surface area contributed by atoms with Crippen LogP contribution in [0.15, 0.2) is 12.2 Å². The molecule has 62 valence electrons. The van der Waals surface area contributed by atoms with E-state index in [1.165, 1.54) is 0 Å². The number of rotatable bonds is 2. The van der Waals surface area contributed by atoms with E-state index in [0.717, 1.165) is 19.3 Å². The average Bonchev–Trinajstić information content (AvgIpc) is 2.37. The van der Waals surface area contributed by atoms with Gasteiger partial charge in [0.2, 0.25) is 0 Å². The molecule has 0 aliphatic heterocycles. The van der Waals surface area contributed by atoms with Crippen LogP contribution in [0.1, 0.15) is 26.2 Å². The summed E-state index contributed by atoms with van der Waals surface area (Å²) in [6, 6.07) is 0. The molecule has 0 amide bonds. The molecule has 0 heterocycles. The number of carboxylic acids is 1. The van der Waals surface area contributed by atoms with Crippen LogP contribution in [-0.4, -0.2) is 11.1 Å². The molecule has 1 N–H and O–H groups in total. The second-order valence-corrected chi connectivity index (χ2v) is 3.13. The third-order valence-electron chi connectivity index (χ3n) is 2.29. The van der Waals surface area contributed by atoms with E-state index in [4.69, 9.17) is 5.11 Å². The zero-order valence-electron chi connectivity index (χ0n) is 6.79. The first-order valence-electron chi connectivity index (χ1n) is 4.09. The molecule has 0 saturated heterocycles. The summed E-state index contributed by atoms with van der Waals surface area (Å²) in [7, 11) is 0. The summed E-state index contributed by atoms with van der Waals surface area (Å²) >= 11 is 0. The van der Waals surface area contributed by atoms with Crippen molar-refractivity contribution in [2.45, 2.75) is 26.2 Å². The maximum absolute atomic E-state index is 10.5. The van der Waals surface area contributed by atoms with Crippen LogP contribution < -0.4 is 0 Å². The van der Waals surface area contributed by atoms with Crippen LogP contribution >= 0.6 is 0 Å². The number of carboxylic acid groups (broad SMARTS) is 1. The third kappa shape index (κ3) is 2.07. The van der Waals surface area contributed by atoms with E-state index < -0.39 is 5.97 Å². The van der Waals surface area contributed by atoms with Gasteiger partial charge in [0.1, 0.15) is 0 Å². The molecule has 2 atom stereocenters. The smallest absolute Gasteiger partial charge is 0.306 e. The third-order valence-corrected chi connectivity index (χ3v) is 2.29. The van der Waals surface area contributed by atoms with E-state index in [2.05, 4.69) is 6.08 Å². The molecule has 1 saturated carbocycles. The van der Waals surface area contributed by atoms with E-state index in [1.807, 2.05) is 13.0 Å². The highest BCUT2D eigenvalue weighted by molar-refractivity contribution is 5.70. The van der Waals surface area contributed by atoms with Gasteiger partial charge in [0, 0.05) is 0 Å². The lowest BCUT2D eigenvalue weighted by molar-refractivity contribution is -0.141. The largest absolute Gasteiger partial charge is 0.481 e. The van der Waals surface area contributed by atoms with Crippen molar-refractivity contribution in [3.05, 3.63) is 12.2 Å². The Balaban J connectivity index is 2.40. The van der Waals surface area contributed by atoms with Crippen LogP contribution in [0.5, 0.6) is 0 Å². The SMILES string of the molecule is C/C=C/[C@H]1CC[C@H](C(=O)O)C1. The molecular weight excluding hydrogens is 140 g/mol. The van der Waals surface area contributed by atoms with Crippen LogP contribution in [0.25, 0.3) is 0 Å². The van der Waals surface area contributed by atoms with Gasteiger partial charge in [-0.05, 0) is 32.1 Å². The van der Waals surface area contributed by atoms with Crippen molar-refractivity contribution >= 4 is 5.97 Å². The Morgan fingerprint density at radius 3 is 2.73 bits per heavy atom. The van der Waals surface area contributed by atoms with Gasteiger partial charge >= 0.3 is 5.97 Å². The highest BCUT2D eigenvalue weighted by atomic mass is 16.4. The first kappa shape index (κ1) is 8.31. The van der Waals surface area contributed by atoms with Crippen molar-refractivity contribution in [3.63, 3.8) is 0 Å². The van der Waals surface area contributed by atoms with Crippen LogP contribution in [-0.2, 0) is 4.79 Å². The lowest BCUT2D eigenvalue weighted by atomic mass is 10.1. The van der Waals surface area contributed by atoms with Crippen molar-refractivity contribution < 1.29 is 9.90 Å². The zero-order valence-corrected chi connectivity index (χ0v) is 6.79. The Labute approximate surface area is 66.9 Å². The maximum Gasteiger partial charge on any atom is 0.306 e. The molecule has 0 radical (unpaired) electrons. The fourth-order valence-corrected chi connectivity index (χ4v) is 1.69. The molecule has 1 fully saturated rings. The van der Waals surface area contributed by atoms with Gasteiger partial charge in [-0.25, -0.2) is 0 Å². The highest BCUT2D eigenvalue weighted by Gasteiger charge is 2.27. The fourth-order valence-electron chi connectivity index (χ4n) is 1.69. The Morgan fingerprint density at radius 2 is 2.27 bits per heavy atom. The van der Waals surface area contributed by atoms with E-state index in [9.17, 15) is 4.79 Å². The zero-order chi connectivity index (χ0) is 8.27. The lowest BCUT2D eigenvalue weighted by Gasteiger charge is -2.01. The molecule has 0 aromatic heterocycles. The molecular formula is C9H14O2. The summed E-state index contributed by atoms with van der Waals surface area (Å²) in [6.45, 7) is 1.98. The Morgan fingerprint density at radius 1 is 1.55 bits per heavy atom. The summed E-state index contributed by atoms with van der Waals surface area (Å²) in [4.78, 5) is 10.5. The summed E-state index contributed by atoms with van der Waals surface area (Å²) in [5, 5.41) is 8.68. The molecule has 0 bridgehead atoms. The summed E-state index contributed by atoms with van der Waals surface area (Å²) < 4.78 is 0. The summed E-state index contributed by atoms with van der Waals surface area (Å²) in [5.41, 5.74) is 0. The molecule has 1 aliphatic rings. The van der Waals surface area contributed by atoms with Gasteiger partial charge in [0.25, 0.3) is 0 Å². The molecule has 2 heteroatoms. The molecule has 0 unspecified atom stereocenters. The minimum Gasteiger partial charge on any atom is -0.481 e. The molecule has 2 nitrogen and oxygen atoms in total. The van der Waals surface area contributed by atoms with Gasteiger partial charge < -0.3 is 5.11 Å². The van der Waals surface area contributed by atoms with Crippen LogP contribution in [0.4, 0.5) is 0 Å². The Bertz CT molecular complexity index is 172. The van der Waals surface area contributed by atoms with Gasteiger partial charge in [0.15, 0.2) is 0 Å². The number of carbonyl (C=O) groups is 1. The van der Waals surface area contributed by atoms with E-state index in [0.29, 0.717) is 5.92 Å². The monoisotopic (exact) mass is 154 g/mol. The minimum absolute atomic E-state index is 0.0869. The van der Waals surface area contributed by atoms with Gasteiger partial charge in [-0.15, -0.1) is 0 Å². The number of hydrogen-bond acceptors (Lipinski definition) is 1. The molecule has 11 heavy (non-hydrogen) atoms. The Kier molecular flexibility index (Phi) is 2.69. The van der Waals surface area contributed by atoms with E-state index in [-0.39, 0.29) is 5.92 Å². The normalized spacial score (nSPS) is 31.4. The van der Waals surface area contributed by atoms with Crippen LogP contribution in [0, 0.1) is 11.8 Å². The first-order chi connectivity index (χ1) is 5.24. The number of hydrogen-bond donors (Lipinski definition) is 1. The second-order valence-electron chi connectivity index (χ2n) is 3.13. The topological polar surface area (TPSA) is 37.3 Å². The second kappa shape index (κ2) is 3.56. The summed E-state index contributed by atoms with van der Waals surface area (Å²) in [5.74, 6) is -0.200. The van der Waals surface area contributed by atoms with Crippen molar-refractivity contribution in [3.8, 4) is 0 Å². The lowest BCUT2D eigenvalue weighted by Crippen LogP contribution is -2.08. The highest BCUT2D eigenvalue weighted by Crippen LogP contribution is 2.31. The molecule has 0 aromatic carbocycles. The average molecular weight is 154 g/mol. The summed E-state index contributed by atoms with van der Waals surface area (Å²) in [6.07, 6.45) is 6.85. The van der Waals surface area contributed by atoms with Gasteiger partial charge in [-0.1, -0.05) is 12.2 Å². The predicted molar refractivity (Wildman–Crippen MR) is 43.3 cm³/mol. The Hall–Kier alpha value is -0.790. The van der Waals surface area contributed by atoms with Gasteiger partial charge in [-0.3, -0.25) is 4.79 Å². The molecule has 1 rings (SSSR count). The van der Waals surface area contributed by atoms with Gasteiger partial charge in [0.05, 0.1) is 5.92 Å². The first-order valence-corrected chi connectivity index (χ1v) is 4.09. The van der Waals surface area contributed by atoms with E-state index in [1.54, 1.807) is 0 Å². The van der Waals surface area contributed by atoms with E-state index >= 15 is 0 Å². The predicted octanol–water partition coefficient (Wildman–Crippen LogP) is 2.06.